The third-order valence-electron chi connectivity index (χ3n) is 2.94. The smallest absolute Gasteiger partial charge is 0.00843 e. The molecule has 0 heterocycles. The summed E-state index contributed by atoms with van der Waals surface area (Å²) in [6, 6.07) is 6.92. The van der Waals surface area contributed by atoms with Crippen LogP contribution in [0.15, 0.2) is 18.2 Å². The molecule has 0 saturated heterocycles. The molecule has 0 aliphatic carbocycles. The topological polar surface area (TPSA) is 26.0 Å². The van der Waals surface area contributed by atoms with Crippen molar-refractivity contribution in [3.05, 3.63) is 34.9 Å². The number of hydrogen-bond acceptors (Lipinski definition) is 1. The highest BCUT2D eigenvalue weighted by Crippen LogP contribution is 2.22. The number of nitrogens with two attached hydrogens (primary N) is 1. The van der Waals surface area contributed by atoms with E-state index in [0.29, 0.717) is 5.41 Å². The molecule has 0 amide bonds. The normalized spacial score (nSPS) is 13.9. The van der Waals surface area contributed by atoms with Crippen LogP contribution in [0.3, 0.4) is 0 Å². The van der Waals surface area contributed by atoms with E-state index in [1.165, 1.54) is 16.7 Å². The fraction of sp³-hybridized carbons (Fsp3) is 0.600. The van der Waals surface area contributed by atoms with Gasteiger partial charge in [0.15, 0.2) is 0 Å². The van der Waals surface area contributed by atoms with Crippen LogP contribution in [0.2, 0.25) is 0 Å². The van der Waals surface area contributed by atoms with Gasteiger partial charge in [-0.1, -0.05) is 39.0 Å². The molecular weight excluding hydrogens is 194 g/mol. The fourth-order valence-electron chi connectivity index (χ4n) is 2.09. The van der Waals surface area contributed by atoms with Gasteiger partial charge in [-0.3, -0.25) is 0 Å². The molecule has 0 fully saturated rings. The van der Waals surface area contributed by atoms with Crippen LogP contribution in [0.25, 0.3) is 0 Å². The van der Waals surface area contributed by atoms with Crippen molar-refractivity contribution in [2.45, 2.75) is 53.5 Å². The average Bonchev–Trinajstić information content (AvgIpc) is 2.08. The minimum Gasteiger partial charge on any atom is -0.327 e. The molecule has 0 aromatic heterocycles. The Morgan fingerprint density at radius 3 is 2.25 bits per heavy atom. The Hall–Kier alpha value is -0.820. The van der Waals surface area contributed by atoms with Crippen molar-refractivity contribution in [3.8, 4) is 0 Å². The van der Waals surface area contributed by atoms with E-state index in [-0.39, 0.29) is 6.04 Å². The molecule has 1 heteroatoms. The predicted molar refractivity (Wildman–Crippen MR) is 71.7 cm³/mol. The largest absolute Gasteiger partial charge is 0.327 e. The molecule has 0 bridgehead atoms. The van der Waals surface area contributed by atoms with Crippen LogP contribution in [0.1, 0.15) is 43.9 Å². The summed E-state index contributed by atoms with van der Waals surface area (Å²) in [6.07, 6.45) is 2.05. The van der Waals surface area contributed by atoms with Crippen molar-refractivity contribution in [2.24, 2.45) is 11.1 Å². The van der Waals surface area contributed by atoms with Crippen LogP contribution < -0.4 is 5.73 Å². The zero-order chi connectivity index (χ0) is 12.3. The summed E-state index contributed by atoms with van der Waals surface area (Å²) in [5, 5.41) is 0. The minimum atomic E-state index is 0.266. The molecule has 1 aromatic carbocycles. The van der Waals surface area contributed by atoms with Crippen molar-refractivity contribution in [2.75, 3.05) is 0 Å². The van der Waals surface area contributed by atoms with E-state index >= 15 is 0 Å². The van der Waals surface area contributed by atoms with Gasteiger partial charge in [-0.05, 0) is 48.8 Å². The maximum atomic E-state index is 6.18. The van der Waals surface area contributed by atoms with Gasteiger partial charge in [0, 0.05) is 6.04 Å². The Balaban J connectivity index is 2.63. The summed E-state index contributed by atoms with van der Waals surface area (Å²) in [4.78, 5) is 0. The van der Waals surface area contributed by atoms with Crippen molar-refractivity contribution in [1.82, 2.24) is 0 Å². The zero-order valence-electron chi connectivity index (χ0n) is 11.3. The van der Waals surface area contributed by atoms with Crippen LogP contribution >= 0.6 is 0 Å². The van der Waals surface area contributed by atoms with Gasteiger partial charge in [0.1, 0.15) is 0 Å². The second-order valence-corrected chi connectivity index (χ2v) is 6.15. The number of hydrogen-bond donors (Lipinski definition) is 1. The van der Waals surface area contributed by atoms with Crippen molar-refractivity contribution >= 4 is 0 Å². The van der Waals surface area contributed by atoms with Gasteiger partial charge in [0.25, 0.3) is 0 Å². The molecule has 1 rings (SSSR count). The molecule has 16 heavy (non-hydrogen) atoms. The van der Waals surface area contributed by atoms with E-state index in [9.17, 15) is 0 Å². The van der Waals surface area contributed by atoms with Gasteiger partial charge < -0.3 is 5.73 Å². The summed E-state index contributed by atoms with van der Waals surface area (Å²) < 4.78 is 0. The van der Waals surface area contributed by atoms with Crippen LogP contribution in [0.4, 0.5) is 0 Å². The molecule has 90 valence electrons. The lowest BCUT2D eigenvalue weighted by Gasteiger charge is -2.23. The summed E-state index contributed by atoms with van der Waals surface area (Å²) in [6.45, 7) is 11.0. The number of aryl methyl sites for hydroxylation is 2. The highest BCUT2D eigenvalue weighted by atomic mass is 14.6. The van der Waals surface area contributed by atoms with E-state index in [1.54, 1.807) is 0 Å². The molecule has 1 nitrogen and oxygen atoms in total. The second kappa shape index (κ2) is 5.01. The summed E-state index contributed by atoms with van der Waals surface area (Å²) in [7, 11) is 0. The summed E-state index contributed by atoms with van der Waals surface area (Å²) >= 11 is 0. The first-order valence-electron chi connectivity index (χ1n) is 6.09. The fourth-order valence-corrected chi connectivity index (χ4v) is 2.09. The lowest BCUT2D eigenvalue weighted by Crippen LogP contribution is -2.28. The highest BCUT2D eigenvalue weighted by molar-refractivity contribution is 5.30. The highest BCUT2D eigenvalue weighted by Gasteiger charge is 2.15. The third kappa shape index (κ3) is 4.36. The van der Waals surface area contributed by atoms with E-state index < -0.39 is 0 Å². The van der Waals surface area contributed by atoms with Crippen molar-refractivity contribution in [1.29, 1.82) is 0 Å². The Morgan fingerprint density at radius 2 is 1.75 bits per heavy atom. The minimum absolute atomic E-state index is 0.266. The monoisotopic (exact) mass is 219 g/mol. The quantitative estimate of drug-likeness (QED) is 0.825. The maximum Gasteiger partial charge on any atom is 0.00843 e. The Kier molecular flexibility index (Phi) is 4.15. The first kappa shape index (κ1) is 13.2. The van der Waals surface area contributed by atoms with Gasteiger partial charge in [-0.2, -0.15) is 0 Å². The molecule has 0 spiro atoms. The molecule has 0 radical (unpaired) electrons. The molecule has 1 atom stereocenters. The first-order valence-corrected chi connectivity index (χ1v) is 6.09. The molecule has 1 aromatic rings. The van der Waals surface area contributed by atoms with Crippen LogP contribution in [-0.4, -0.2) is 6.04 Å². The van der Waals surface area contributed by atoms with Crippen LogP contribution in [-0.2, 0) is 6.42 Å². The Morgan fingerprint density at radius 1 is 1.12 bits per heavy atom. The van der Waals surface area contributed by atoms with Crippen LogP contribution in [0.5, 0.6) is 0 Å². The van der Waals surface area contributed by atoms with E-state index in [1.807, 2.05) is 0 Å². The van der Waals surface area contributed by atoms with Gasteiger partial charge in [0.05, 0.1) is 0 Å². The third-order valence-corrected chi connectivity index (χ3v) is 2.94. The van der Waals surface area contributed by atoms with E-state index in [0.717, 1.165) is 12.8 Å². The van der Waals surface area contributed by atoms with Gasteiger partial charge in [-0.25, -0.2) is 0 Å². The predicted octanol–water partition coefficient (Wildman–Crippen LogP) is 3.61. The van der Waals surface area contributed by atoms with Crippen molar-refractivity contribution in [3.63, 3.8) is 0 Å². The van der Waals surface area contributed by atoms with E-state index in [2.05, 4.69) is 52.8 Å². The molecule has 1 unspecified atom stereocenters. The lowest BCUT2D eigenvalue weighted by molar-refractivity contribution is 0.338. The standard InChI is InChI=1S/C15H25N/c1-11-6-7-13(8-12(11)2)9-14(16)10-15(3,4)5/h6-8,14H,9-10,16H2,1-5H3. The van der Waals surface area contributed by atoms with Crippen molar-refractivity contribution < 1.29 is 0 Å². The van der Waals surface area contributed by atoms with Gasteiger partial charge in [0.2, 0.25) is 0 Å². The number of rotatable bonds is 3. The molecule has 0 saturated carbocycles. The molecular formula is C15H25N. The summed E-state index contributed by atoms with van der Waals surface area (Å²) in [5.74, 6) is 0. The molecule has 0 aliphatic rings. The Labute approximate surface area is 100 Å². The first-order chi connectivity index (χ1) is 7.28. The summed E-state index contributed by atoms with van der Waals surface area (Å²) in [5.41, 5.74) is 10.6. The number of benzene rings is 1. The Bertz CT molecular complexity index is 347. The van der Waals surface area contributed by atoms with Gasteiger partial charge in [-0.15, -0.1) is 0 Å². The lowest BCUT2D eigenvalue weighted by atomic mass is 9.86. The molecule has 0 aliphatic heterocycles. The van der Waals surface area contributed by atoms with Crippen LogP contribution in [0, 0.1) is 19.3 Å². The SMILES string of the molecule is Cc1ccc(CC(N)CC(C)(C)C)cc1C. The second-order valence-electron chi connectivity index (χ2n) is 6.15. The van der Waals surface area contributed by atoms with E-state index in [4.69, 9.17) is 5.73 Å². The molecule has 2 N–H and O–H groups in total. The zero-order valence-corrected chi connectivity index (χ0v) is 11.3. The average molecular weight is 219 g/mol. The van der Waals surface area contributed by atoms with Gasteiger partial charge >= 0.3 is 0 Å². The maximum absolute atomic E-state index is 6.18.